The highest BCUT2D eigenvalue weighted by Gasteiger charge is 2.03. The van der Waals surface area contributed by atoms with Crippen molar-refractivity contribution in [3.05, 3.63) is 58.5 Å². The smallest absolute Gasteiger partial charge is 0.155 e. The lowest BCUT2D eigenvalue weighted by molar-refractivity contribution is 0.895. The second-order valence-corrected chi connectivity index (χ2v) is 5.30. The van der Waals surface area contributed by atoms with E-state index in [1.165, 1.54) is 5.56 Å². The van der Waals surface area contributed by atoms with Gasteiger partial charge in [0, 0.05) is 41.3 Å². The molecule has 0 aliphatic rings. The van der Waals surface area contributed by atoms with E-state index in [0.29, 0.717) is 6.54 Å². The lowest BCUT2D eigenvalue weighted by Gasteiger charge is -2.10. The summed E-state index contributed by atoms with van der Waals surface area (Å²) in [6.07, 6.45) is 3.85. The van der Waals surface area contributed by atoms with E-state index in [4.69, 9.17) is 11.6 Å². The molecule has 0 aliphatic heterocycles. The van der Waals surface area contributed by atoms with E-state index in [0.717, 1.165) is 27.6 Å². The molecule has 0 aliphatic carbocycles. The van der Waals surface area contributed by atoms with Crippen LogP contribution < -0.4 is 5.32 Å². The number of aryl methyl sites for hydroxylation is 2. The van der Waals surface area contributed by atoms with Crippen LogP contribution in [0.15, 0.2) is 36.7 Å². The maximum atomic E-state index is 6.01. The zero-order valence-corrected chi connectivity index (χ0v) is 12.1. The molecule has 1 N–H and O–H groups in total. The highest BCUT2D eigenvalue weighted by molar-refractivity contribution is 6.30. The van der Waals surface area contributed by atoms with E-state index in [1.807, 2.05) is 43.6 Å². The topological polar surface area (TPSA) is 42.2 Å². The van der Waals surface area contributed by atoms with Crippen LogP contribution in [-0.4, -0.2) is 14.6 Å². The van der Waals surface area contributed by atoms with Crippen molar-refractivity contribution < 1.29 is 0 Å². The molecule has 0 fully saturated rings. The molecule has 0 saturated carbocycles. The second-order valence-electron chi connectivity index (χ2n) is 4.86. The first kappa shape index (κ1) is 12.9. The minimum Gasteiger partial charge on any atom is -0.381 e. The number of hydrogen-bond acceptors (Lipinski definition) is 3. The third-order valence-electron chi connectivity index (χ3n) is 3.17. The Hall–Kier alpha value is -2.07. The van der Waals surface area contributed by atoms with Gasteiger partial charge in [-0.2, -0.15) is 5.10 Å². The Balaban J connectivity index is 1.80. The highest BCUT2D eigenvalue weighted by Crippen LogP contribution is 2.20. The van der Waals surface area contributed by atoms with Gasteiger partial charge in [-0.15, -0.1) is 0 Å². The van der Waals surface area contributed by atoms with Gasteiger partial charge in [0.1, 0.15) is 0 Å². The molecule has 4 nitrogen and oxygen atoms in total. The lowest BCUT2D eigenvalue weighted by atomic mass is 10.2. The van der Waals surface area contributed by atoms with Gasteiger partial charge in [0.2, 0.25) is 0 Å². The third kappa shape index (κ3) is 2.60. The predicted octanol–water partition coefficient (Wildman–Crippen LogP) is 3.61. The molecule has 0 radical (unpaired) electrons. The quantitative estimate of drug-likeness (QED) is 0.800. The van der Waals surface area contributed by atoms with Crippen molar-refractivity contribution in [1.82, 2.24) is 14.6 Å². The van der Waals surface area contributed by atoms with Crippen LogP contribution in [0.1, 0.15) is 16.8 Å². The van der Waals surface area contributed by atoms with Crippen molar-refractivity contribution in [2.24, 2.45) is 0 Å². The molecule has 20 heavy (non-hydrogen) atoms. The van der Waals surface area contributed by atoms with Gasteiger partial charge in [0.15, 0.2) is 5.65 Å². The Kier molecular flexibility index (Phi) is 3.32. The number of rotatable bonds is 3. The molecule has 0 atom stereocenters. The third-order valence-corrected chi connectivity index (χ3v) is 3.41. The fourth-order valence-corrected chi connectivity index (χ4v) is 2.28. The average molecular weight is 287 g/mol. The molecule has 0 saturated heterocycles. The molecule has 0 spiro atoms. The summed E-state index contributed by atoms with van der Waals surface area (Å²) in [4.78, 5) is 4.39. The molecule has 2 aromatic heterocycles. The van der Waals surface area contributed by atoms with E-state index in [1.54, 1.807) is 4.52 Å². The Labute approximate surface area is 122 Å². The van der Waals surface area contributed by atoms with Crippen LogP contribution in [-0.2, 0) is 6.54 Å². The summed E-state index contributed by atoms with van der Waals surface area (Å²) in [5, 5.41) is 8.47. The molecule has 2 heterocycles. The summed E-state index contributed by atoms with van der Waals surface area (Å²) in [5.41, 5.74) is 5.10. The fourth-order valence-electron chi connectivity index (χ4n) is 2.11. The molecule has 3 rings (SSSR count). The number of nitrogens with one attached hydrogen (secondary N) is 1. The number of halogens is 1. The van der Waals surface area contributed by atoms with Gasteiger partial charge in [0.25, 0.3) is 0 Å². The average Bonchev–Trinajstić information content (AvgIpc) is 2.79. The number of nitrogens with zero attached hydrogens (tertiary/aromatic N) is 3. The Morgan fingerprint density at radius 1 is 1.25 bits per heavy atom. The maximum Gasteiger partial charge on any atom is 0.155 e. The van der Waals surface area contributed by atoms with Gasteiger partial charge < -0.3 is 5.32 Å². The summed E-state index contributed by atoms with van der Waals surface area (Å²) in [5.74, 6) is 0. The number of benzene rings is 1. The van der Waals surface area contributed by atoms with Gasteiger partial charge in [0.05, 0.1) is 5.69 Å². The molecule has 0 unspecified atom stereocenters. The summed E-state index contributed by atoms with van der Waals surface area (Å²) >= 11 is 6.01. The summed E-state index contributed by atoms with van der Waals surface area (Å²) < 4.78 is 1.80. The standard InChI is InChI=1S/C15H15ClN4/c1-10-3-4-13(16)6-14(10)17-7-12-8-18-15-5-11(2)19-20(15)9-12/h3-6,8-9,17H,7H2,1-2H3. The first-order valence-corrected chi connectivity index (χ1v) is 6.80. The first-order chi connectivity index (χ1) is 9.61. The zero-order valence-electron chi connectivity index (χ0n) is 11.4. The van der Waals surface area contributed by atoms with Crippen molar-refractivity contribution in [2.45, 2.75) is 20.4 Å². The van der Waals surface area contributed by atoms with Crippen molar-refractivity contribution in [2.75, 3.05) is 5.32 Å². The molecular formula is C15H15ClN4. The predicted molar refractivity (Wildman–Crippen MR) is 81.2 cm³/mol. The number of aromatic nitrogens is 3. The second kappa shape index (κ2) is 5.13. The van der Waals surface area contributed by atoms with Crippen molar-refractivity contribution in [3.63, 3.8) is 0 Å². The van der Waals surface area contributed by atoms with Gasteiger partial charge in [-0.1, -0.05) is 17.7 Å². The van der Waals surface area contributed by atoms with Crippen LogP contribution in [0.4, 0.5) is 5.69 Å². The first-order valence-electron chi connectivity index (χ1n) is 6.43. The van der Waals surface area contributed by atoms with Gasteiger partial charge in [-0.3, -0.25) is 0 Å². The molecule has 0 bridgehead atoms. The minimum atomic E-state index is 0.684. The lowest BCUT2D eigenvalue weighted by Crippen LogP contribution is -2.03. The zero-order chi connectivity index (χ0) is 14.1. The van der Waals surface area contributed by atoms with E-state index in [2.05, 4.69) is 22.3 Å². The van der Waals surface area contributed by atoms with Crippen LogP contribution in [0.2, 0.25) is 5.02 Å². The number of fused-ring (bicyclic) bond motifs is 1. The van der Waals surface area contributed by atoms with E-state index in [-0.39, 0.29) is 0 Å². The Morgan fingerprint density at radius 2 is 2.10 bits per heavy atom. The molecule has 3 aromatic rings. The monoisotopic (exact) mass is 286 g/mol. The van der Waals surface area contributed by atoms with Crippen LogP contribution >= 0.6 is 11.6 Å². The van der Waals surface area contributed by atoms with E-state index in [9.17, 15) is 0 Å². The molecule has 5 heteroatoms. The maximum absolute atomic E-state index is 6.01. The summed E-state index contributed by atoms with van der Waals surface area (Å²) in [7, 11) is 0. The summed E-state index contributed by atoms with van der Waals surface area (Å²) in [6, 6.07) is 7.78. The summed E-state index contributed by atoms with van der Waals surface area (Å²) in [6.45, 7) is 4.70. The highest BCUT2D eigenvalue weighted by atomic mass is 35.5. The Morgan fingerprint density at radius 3 is 2.95 bits per heavy atom. The van der Waals surface area contributed by atoms with E-state index < -0.39 is 0 Å². The minimum absolute atomic E-state index is 0.684. The van der Waals surface area contributed by atoms with Gasteiger partial charge in [-0.25, -0.2) is 9.50 Å². The van der Waals surface area contributed by atoms with Crippen LogP contribution in [0.25, 0.3) is 5.65 Å². The van der Waals surface area contributed by atoms with Crippen LogP contribution in [0.3, 0.4) is 0 Å². The van der Waals surface area contributed by atoms with Gasteiger partial charge >= 0.3 is 0 Å². The van der Waals surface area contributed by atoms with E-state index >= 15 is 0 Å². The number of anilines is 1. The largest absolute Gasteiger partial charge is 0.381 e. The van der Waals surface area contributed by atoms with Crippen molar-refractivity contribution in [1.29, 1.82) is 0 Å². The molecular weight excluding hydrogens is 272 g/mol. The SMILES string of the molecule is Cc1cc2ncc(CNc3cc(Cl)ccc3C)cn2n1. The van der Waals surface area contributed by atoms with Crippen molar-refractivity contribution in [3.8, 4) is 0 Å². The Bertz CT molecular complexity index is 764. The molecule has 102 valence electrons. The van der Waals surface area contributed by atoms with Crippen LogP contribution in [0.5, 0.6) is 0 Å². The number of hydrogen-bond donors (Lipinski definition) is 1. The molecule has 1 aromatic carbocycles. The normalized spacial score (nSPS) is 10.9. The van der Waals surface area contributed by atoms with Crippen molar-refractivity contribution >= 4 is 22.9 Å². The van der Waals surface area contributed by atoms with Gasteiger partial charge in [-0.05, 0) is 31.5 Å². The van der Waals surface area contributed by atoms with Crippen LogP contribution in [0, 0.1) is 13.8 Å². The fraction of sp³-hybridized carbons (Fsp3) is 0.200. The molecule has 0 amide bonds.